The summed E-state index contributed by atoms with van der Waals surface area (Å²) in [6, 6.07) is 19.7. The fourth-order valence-electron chi connectivity index (χ4n) is 3.37. The van der Waals surface area contributed by atoms with Crippen LogP contribution in [0.15, 0.2) is 66.0 Å². The maximum Gasteiger partial charge on any atom is 0.264 e. The second-order valence-electron chi connectivity index (χ2n) is 6.50. The number of rotatable bonds is 6. The van der Waals surface area contributed by atoms with Crippen LogP contribution >= 0.6 is 11.3 Å². The van der Waals surface area contributed by atoms with Gasteiger partial charge in [0.15, 0.2) is 6.10 Å². The van der Waals surface area contributed by atoms with E-state index in [0.717, 1.165) is 27.5 Å². The number of amides is 1. The van der Waals surface area contributed by atoms with Crippen molar-refractivity contribution in [1.82, 2.24) is 4.90 Å². The number of hydrogen-bond acceptors (Lipinski definition) is 4. The Morgan fingerprint density at radius 2 is 1.93 bits per heavy atom. The molecule has 2 aromatic carbocycles. The average molecular weight is 379 g/mol. The Balaban J connectivity index is 1.57. The largest absolute Gasteiger partial charge is 0.496 e. The summed E-state index contributed by atoms with van der Waals surface area (Å²) < 4.78 is 11.4. The minimum Gasteiger partial charge on any atom is -0.496 e. The molecule has 27 heavy (non-hydrogen) atoms. The average Bonchev–Trinajstić information content (AvgIpc) is 3.36. The summed E-state index contributed by atoms with van der Waals surface area (Å²) in [6.07, 6.45) is 0.138. The third kappa shape index (κ3) is 3.83. The molecule has 4 rings (SSSR count). The summed E-state index contributed by atoms with van der Waals surface area (Å²) in [5.74, 6) is 1.60. The molecule has 1 aromatic heterocycles. The monoisotopic (exact) mass is 379 g/mol. The standard InChI is InChI=1S/C22H21NO3S/c1-25-19-10-4-3-8-17(19)14-23(15-18-9-6-12-27-18)22(24)21-13-16-7-2-5-11-20(16)26-21/h2-12,21H,13-15H2,1H3/t21-/m0/s1. The fraction of sp³-hybridized carbons (Fsp3) is 0.227. The summed E-state index contributed by atoms with van der Waals surface area (Å²) in [5.41, 5.74) is 2.07. The number of fused-ring (bicyclic) bond motifs is 1. The molecule has 138 valence electrons. The van der Waals surface area contributed by atoms with Crippen LogP contribution in [-0.2, 0) is 24.3 Å². The van der Waals surface area contributed by atoms with Gasteiger partial charge in [0, 0.05) is 23.4 Å². The molecule has 0 radical (unpaired) electrons. The van der Waals surface area contributed by atoms with Gasteiger partial charge in [0.05, 0.1) is 13.7 Å². The molecule has 2 heterocycles. The molecule has 3 aromatic rings. The Morgan fingerprint density at radius 3 is 2.70 bits per heavy atom. The minimum absolute atomic E-state index is 0.00510. The van der Waals surface area contributed by atoms with Crippen molar-refractivity contribution < 1.29 is 14.3 Å². The van der Waals surface area contributed by atoms with Crippen LogP contribution in [-0.4, -0.2) is 24.0 Å². The summed E-state index contributed by atoms with van der Waals surface area (Å²) in [6.45, 7) is 1.04. The van der Waals surface area contributed by atoms with E-state index in [9.17, 15) is 4.79 Å². The predicted octanol–water partition coefficient (Wildman–Crippen LogP) is 4.29. The fourth-order valence-corrected chi connectivity index (χ4v) is 4.08. The van der Waals surface area contributed by atoms with Crippen LogP contribution in [0, 0.1) is 0 Å². The minimum atomic E-state index is -0.475. The van der Waals surface area contributed by atoms with E-state index in [1.165, 1.54) is 0 Å². The lowest BCUT2D eigenvalue weighted by Gasteiger charge is -2.26. The molecule has 0 fully saturated rings. The Kier molecular flexibility index (Phi) is 5.12. The third-order valence-electron chi connectivity index (χ3n) is 4.71. The molecule has 0 saturated heterocycles. The Morgan fingerprint density at radius 1 is 1.11 bits per heavy atom. The van der Waals surface area contributed by atoms with Gasteiger partial charge in [-0.05, 0) is 29.1 Å². The highest BCUT2D eigenvalue weighted by Gasteiger charge is 2.32. The van der Waals surface area contributed by atoms with Crippen LogP contribution in [0.4, 0.5) is 0 Å². The number of carbonyl (C=O) groups excluding carboxylic acids is 1. The molecular formula is C22H21NO3S. The maximum absolute atomic E-state index is 13.3. The topological polar surface area (TPSA) is 38.8 Å². The van der Waals surface area contributed by atoms with Gasteiger partial charge in [-0.25, -0.2) is 0 Å². The quantitative estimate of drug-likeness (QED) is 0.641. The van der Waals surface area contributed by atoms with E-state index in [4.69, 9.17) is 9.47 Å². The van der Waals surface area contributed by atoms with Crippen molar-refractivity contribution in [2.45, 2.75) is 25.6 Å². The van der Waals surface area contributed by atoms with Crippen LogP contribution < -0.4 is 9.47 Å². The van der Waals surface area contributed by atoms with Crippen molar-refractivity contribution in [2.24, 2.45) is 0 Å². The van der Waals surface area contributed by atoms with Crippen molar-refractivity contribution in [3.8, 4) is 11.5 Å². The second-order valence-corrected chi connectivity index (χ2v) is 7.54. The zero-order chi connectivity index (χ0) is 18.6. The molecule has 0 bridgehead atoms. The van der Waals surface area contributed by atoms with Gasteiger partial charge in [-0.3, -0.25) is 4.79 Å². The van der Waals surface area contributed by atoms with Crippen LogP contribution in [0.3, 0.4) is 0 Å². The number of hydrogen-bond donors (Lipinski definition) is 0. The van der Waals surface area contributed by atoms with E-state index in [0.29, 0.717) is 19.5 Å². The van der Waals surface area contributed by atoms with Gasteiger partial charge in [0.2, 0.25) is 0 Å². The lowest BCUT2D eigenvalue weighted by molar-refractivity contribution is -0.139. The molecule has 0 aliphatic carbocycles. The van der Waals surface area contributed by atoms with Crippen molar-refractivity contribution in [3.05, 3.63) is 82.0 Å². The molecule has 1 aliphatic heterocycles. The molecule has 1 atom stereocenters. The van der Waals surface area contributed by atoms with Gasteiger partial charge in [0.25, 0.3) is 5.91 Å². The zero-order valence-electron chi connectivity index (χ0n) is 15.1. The number of thiophene rings is 1. The highest BCUT2D eigenvalue weighted by atomic mass is 32.1. The molecule has 0 saturated carbocycles. The molecular weight excluding hydrogens is 358 g/mol. The Labute approximate surface area is 163 Å². The lowest BCUT2D eigenvalue weighted by atomic mass is 10.1. The lowest BCUT2D eigenvalue weighted by Crippen LogP contribution is -2.40. The van der Waals surface area contributed by atoms with Crippen LogP contribution in [0.2, 0.25) is 0 Å². The molecule has 0 spiro atoms. The molecule has 1 amide bonds. The van der Waals surface area contributed by atoms with Gasteiger partial charge < -0.3 is 14.4 Å². The highest BCUT2D eigenvalue weighted by molar-refractivity contribution is 7.09. The molecule has 1 aliphatic rings. The highest BCUT2D eigenvalue weighted by Crippen LogP contribution is 2.30. The number of carbonyl (C=O) groups is 1. The van der Waals surface area contributed by atoms with E-state index in [1.54, 1.807) is 18.4 Å². The van der Waals surface area contributed by atoms with Gasteiger partial charge in [-0.15, -0.1) is 11.3 Å². The van der Waals surface area contributed by atoms with Gasteiger partial charge >= 0.3 is 0 Å². The summed E-state index contributed by atoms with van der Waals surface area (Å²) in [5, 5.41) is 2.03. The summed E-state index contributed by atoms with van der Waals surface area (Å²) >= 11 is 1.65. The maximum atomic E-state index is 13.3. The van der Waals surface area contributed by atoms with Crippen molar-refractivity contribution in [1.29, 1.82) is 0 Å². The molecule has 4 nitrogen and oxygen atoms in total. The normalized spacial score (nSPS) is 15.1. The smallest absolute Gasteiger partial charge is 0.264 e. The van der Waals surface area contributed by atoms with Crippen LogP contribution in [0.1, 0.15) is 16.0 Å². The first-order chi connectivity index (χ1) is 13.2. The van der Waals surface area contributed by atoms with Crippen LogP contribution in [0.25, 0.3) is 0 Å². The Hall–Kier alpha value is -2.79. The second kappa shape index (κ2) is 7.84. The Bertz CT molecular complexity index is 898. The number of nitrogens with zero attached hydrogens (tertiary/aromatic N) is 1. The van der Waals surface area contributed by atoms with Crippen molar-refractivity contribution in [3.63, 3.8) is 0 Å². The van der Waals surface area contributed by atoms with Gasteiger partial charge in [-0.2, -0.15) is 0 Å². The summed E-state index contributed by atoms with van der Waals surface area (Å²) in [7, 11) is 1.65. The first kappa shape index (κ1) is 17.6. The number of ether oxygens (including phenoxy) is 2. The van der Waals surface area contributed by atoms with Gasteiger partial charge in [-0.1, -0.05) is 42.5 Å². The third-order valence-corrected chi connectivity index (χ3v) is 5.58. The van der Waals surface area contributed by atoms with E-state index >= 15 is 0 Å². The van der Waals surface area contributed by atoms with E-state index in [2.05, 4.69) is 6.07 Å². The number of para-hydroxylation sites is 2. The predicted molar refractivity (Wildman–Crippen MR) is 106 cm³/mol. The first-order valence-electron chi connectivity index (χ1n) is 8.92. The molecule has 5 heteroatoms. The van der Waals surface area contributed by atoms with Crippen molar-refractivity contribution >= 4 is 17.2 Å². The van der Waals surface area contributed by atoms with E-state index < -0.39 is 6.10 Å². The van der Waals surface area contributed by atoms with Crippen molar-refractivity contribution in [2.75, 3.05) is 7.11 Å². The number of methoxy groups -OCH3 is 1. The van der Waals surface area contributed by atoms with Gasteiger partial charge in [0.1, 0.15) is 11.5 Å². The van der Waals surface area contributed by atoms with Crippen LogP contribution in [0.5, 0.6) is 11.5 Å². The number of benzene rings is 2. The van der Waals surface area contributed by atoms with E-state index in [-0.39, 0.29) is 5.91 Å². The molecule has 0 N–H and O–H groups in total. The zero-order valence-corrected chi connectivity index (χ0v) is 15.9. The first-order valence-corrected chi connectivity index (χ1v) is 9.80. The SMILES string of the molecule is COc1ccccc1CN(Cc1cccs1)C(=O)[C@@H]1Cc2ccccc2O1. The summed E-state index contributed by atoms with van der Waals surface area (Å²) in [4.78, 5) is 16.3. The van der Waals surface area contributed by atoms with E-state index in [1.807, 2.05) is 64.9 Å². The molecule has 0 unspecified atom stereocenters.